The van der Waals surface area contributed by atoms with E-state index in [-0.39, 0.29) is 5.91 Å². The maximum absolute atomic E-state index is 11.8. The molecule has 1 atom stereocenters. The van der Waals surface area contributed by atoms with Crippen molar-refractivity contribution in [3.05, 3.63) is 30.1 Å². The summed E-state index contributed by atoms with van der Waals surface area (Å²) in [6.07, 6.45) is 4.18. The first kappa shape index (κ1) is 13.6. The average Bonchev–Trinajstić information content (AvgIpc) is 2.38. The van der Waals surface area contributed by atoms with Crippen LogP contribution in [0.25, 0.3) is 0 Å². The fourth-order valence-corrected chi connectivity index (χ4v) is 1.42. The number of nitriles is 1. The number of rotatable bonds is 6. The number of nitrogens with zero attached hydrogens (tertiary/aromatic N) is 2. The molecule has 2 amide bonds. The third kappa shape index (κ3) is 4.22. The van der Waals surface area contributed by atoms with Crippen molar-refractivity contribution in [2.75, 3.05) is 0 Å². The van der Waals surface area contributed by atoms with Crippen molar-refractivity contribution in [1.29, 1.82) is 5.26 Å². The maximum Gasteiger partial charge on any atom is 0.252 e. The Morgan fingerprint density at radius 2 is 2.11 bits per heavy atom. The van der Waals surface area contributed by atoms with E-state index in [4.69, 9.17) is 11.0 Å². The largest absolute Gasteiger partial charge is 0.368 e. The molecule has 0 bridgehead atoms. The number of carbonyl (C=O) groups is 2. The van der Waals surface area contributed by atoms with Crippen molar-refractivity contribution in [2.45, 2.75) is 25.3 Å². The van der Waals surface area contributed by atoms with Crippen molar-refractivity contribution in [3.8, 4) is 6.07 Å². The first-order valence-electron chi connectivity index (χ1n) is 5.52. The van der Waals surface area contributed by atoms with Crippen LogP contribution >= 0.6 is 0 Å². The van der Waals surface area contributed by atoms with Gasteiger partial charge in [0, 0.05) is 24.4 Å². The highest BCUT2D eigenvalue weighted by molar-refractivity contribution is 5.97. The van der Waals surface area contributed by atoms with Crippen LogP contribution in [0, 0.1) is 11.3 Å². The molecule has 0 aliphatic carbocycles. The van der Waals surface area contributed by atoms with Crippen molar-refractivity contribution < 1.29 is 9.59 Å². The molecule has 18 heavy (non-hydrogen) atoms. The van der Waals surface area contributed by atoms with Crippen LogP contribution in [-0.4, -0.2) is 22.8 Å². The molecular weight excluding hydrogens is 232 g/mol. The number of amides is 2. The van der Waals surface area contributed by atoms with Crippen LogP contribution in [-0.2, 0) is 4.79 Å². The molecule has 0 saturated heterocycles. The minimum absolute atomic E-state index is 0.328. The molecule has 6 nitrogen and oxygen atoms in total. The quantitative estimate of drug-likeness (QED) is 0.706. The van der Waals surface area contributed by atoms with E-state index >= 15 is 0 Å². The predicted molar refractivity (Wildman–Crippen MR) is 64.1 cm³/mol. The van der Waals surface area contributed by atoms with Gasteiger partial charge in [-0.25, -0.2) is 0 Å². The van der Waals surface area contributed by atoms with E-state index in [0.717, 1.165) is 0 Å². The summed E-state index contributed by atoms with van der Waals surface area (Å²) in [6.45, 7) is 0. The molecule has 0 aromatic carbocycles. The standard InChI is InChI=1S/C12H14N4O2/c13-6-2-1-3-10(11(14)17)16-12(18)9-4-7-15-8-5-9/h4-5,7-8,10H,1-3H2,(H2,14,17)(H,16,18)/t10-/m0/s1. The molecule has 0 spiro atoms. The Bertz CT molecular complexity index is 453. The SMILES string of the molecule is N#CCCC[C@H](NC(=O)c1ccncc1)C(N)=O. The molecule has 1 rings (SSSR count). The molecule has 0 saturated carbocycles. The highest BCUT2D eigenvalue weighted by Gasteiger charge is 2.18. The summed E-state index contributed by atoms with van der Waals surface area (Å²) < 4.78 is 0. The van der Waals surface area contributed by atoms with Crippen molar-refractivity contribution in [3.63, 3.8) is 0 Å². The van der Waals surface area contributed by atoms with Crippen LogP contribution in [0.2, 0.25) is 0 Å². The van der Waals surface area contributed by atoms with Crippen LogP contribution in [0.15, 0.2) is 24.5 Å². The van der Waals surface area contributed by atoms with Crippen molar-refractivity contribution in [2.24, 2.45) is 5.73 Å². The number of unbranched alkanes of at least 4 members (excludes halogenated alkanes) is 1. The Labute approximate surface area is 105 Å². The van der Waals surface area contributed by atoms with Crippen LogP contribution < -0.4 is 11.1 Å². The lowest BCUT2D eigenvalue weighted by molar-refractivity contribution is -0.120. The van der Waals surface area contributed by atoms with Gasteiger partial charge in [-0.15, -0.1) is 0 Å². The average molecular weight is 246 g/mol. The molecule has 0 radical (unpaired) electrons. The number of aromatic nitrogens is 1. The fourth-order valence-electron chi connectivity index (χ4n) is 1.42. The van der Waals surface area contributed by atoms with Crippen LogP contribution in [0.3, 0.4) is 0 Å². The molecule has 0 aliphatic rings. The van der Waals surface area contributed by atoms with Gasteiger partial charge in [0.1, 0.15) is 6.04 Å². The Balaban J connectivity index is 2.59. The summed E-state index contributed by atoms with van der Waals surface area (Å²) in [5.74, 6) is -0.978. The van der Waals surface area contributed by atoms with E-state index in [0.29, 0.717) is 24.8 Å². The van der Waals surface area contributed by atoms with Crippen molar-refractivity contribution in [1.82, 2.24) is 10.3 Å². The number of nitrogens with two attached hydrogens (primary N) is 1. The van der Waals surface area contributed by atoms with E-state index < -0.39 is 11.9 Å². The van der Waals surface area contributed by atoms with Gasteiger partial charge >= 0.3 is 0 Å². The molecule has 1 heterocycles. The van der Waals surface area contributed by atoms with Gasteiger partial charge in [-0.2, -0.15) is 5.26 Å². The first-order chi connectivity index (χ1) is 8.65. The summed E-state index contributed by atoms with van der Waals surface area (Å²) in [5.41, 5.74) is 5.61. The number of hydrogen-bond donors (Lipinski definition) is 2. The number of hydrogen-bond acceptors (Lipinski definition) is 4. The zero-order valence-corrected chi connectivity index (χ0v) is 9.80. The summed E-state index contributed by atoms with van der Waals surface area (Å²) in [7, 11) is 0. The Morgan fingerprint density at radius 1 is 1.44 bits per heavy atom. The predicted octanol–water partition coefficient (Wildman–Crippen LogP) is 0.359. The van der Waals surface area contributed by atoms with Gasteiger partial charge in [-0.3, -0.25) is 14.6 Å². The topological polar surface area (TPSA) is 109 Å². The van der Waals surface area contributed by atoms with Gasteiger partial charge in [0.05, 0.1) is 6.07 Å². The highest BCUT2D eigenvalue weighted by Crippen LogP contribution is 2.03. The van der Waals surface area contributed by atoms with Crippen molar-refractivity contribution >= 4 is 11.8 Å². The fraction of sp³-hybridized carbons (Fsp3) is 0.333. The smallest absolute Gasteiger partial charge is 0.252 e. The van der Waals surface area contributed by atoms with Crippen LogP contribution in [0.5, 0.6) is 0 Å². The minimum atomic E-state index is -0.751. The van der Waals surface area contributed by atoms with Gasteiger partial charge < -0.3 is 11.1 Å². The molecule has 0 fully saturated rings. The lowest BCUT2D eigenvalue weighted by atomic mass is 10.1. The summed E-state index contributed by atoms with van der Waals surface area (Å²) >= 11 is 0. The van der Waals surface area contributed by atoms with Gasteiger partial charge in [0.2, 0.25) is 5.91 Å². The Hall–Kier alpha value is -2.42. The lowest BCUT2D eigenvalue weighted by Crippen LogP contribution is -2.44. The highest BCUT2D eigenvalue weighted by atomic mass is 16.2. The van der Waals surface area contributed by atoms with Gasteiger partial charge in [0.25, 0.3) is 5.91 Å². The van der Waals surface area contributed by atoms with Gasteiger partial charge in [-0.05, 0) is 25.0 Å². The molecule has 1 aromatic heterocycles. The zero-order chi connectivity index (χ0) is 13.4. The van der Waals surface area contributed by atoms with E-state index in [9.17, 15) is 9.59 Å². The van der Waals surface area contributed by atoms with E-state index in [2.05, 4.69) is 10.3 Å². The lowest BCUT2D eigenvalue weighted by Gasteiger charge is -2.14. The summed E-state index contributed by atoms with van der Waals surface area (Å²) in [5, 5.41) is 11.0. The number of carbonyl (C=O) groups excluding carboxylic acids is 2. The van der Waals surface area contributed by atoms with Crippen LogP contribution in [0.4, 0.5) is 0 Å². The van der Waals surface area contributed by atoms with E-state index in [1.807, 2.05) is 6.07 Å². The Morgan fingerprint density at radius 3 is 2.67 bits per heavy atom. The monoisotopic (exact) mass is 246 g/mol. The van der Waals surface area contributed by atoms with Crippen LogP contribution in [0.1, 0.15) is 29.6 Å². The second-order valence-electron chi connectivity index (χ2n) is 3.71. The van der Waals surface area contributed by atoms with Gasteiger partial charge in [0.15, 0.2) is 0 Å². The molecule has 1 aromatic rings. The second kappa shape index (κ2) is 7.01. The maximum atomic E-state index is 11.8. The molecule has 0 unspecified atom stereocenters. The molecular formula is C12H14N4O2. The molecule has 6 heteroatoms. The number of primary amides is 1. The second-order valence-corrected chi connectivity index (χ2v) is 3.71. The molecule has 3 N–H and O–H groups in total. The normalized spacial score (nSPS) is 11.3. The molecule has 0 aliphatic heterocycles. The zero-order valence-electron chi connectivity index (χ0n) is 9.80. The molecule has 94 valence electrons. The van der Waals surface area contributed by atoms with Gasteiger partial charge in [-0.1, -0.05) is 0 Å². The Kier molecular flexibility index (Phi) is 5.32. The minimum Gasteiger partial charge on any atom is -0.368 e. The summed E-state index contributed by atoms with van der Waals surface area (Å²) in [4.78, 5) is 26.7. The first-order valence-corrected chi connectivity index (χ1v) is 5.52. The van der Waals surface area contributed by atoms with E-state index in [1.165, 1.54) is 12.4 Å². The number of pyridine rings is 1. The third-order valence-electron chi connectivity index (χ3n) is 2.37. The van der Waals surface area contributed by atoms with E-state index in [1.54, 1.807) is 12.1 Å². The number of nitrogens with one attached hydrogen (secondary N) is 1. The third-order valence-corrected chi connectivity index (χ3v) is 2.37. The summed E-state index contributed by atoms with van der Waals surface area (Å²) in [6, 6.07) is 4.31.